The van der Waals surface area contributed by atoms with Crippen molar-refractivity contribution in [3.05, 3.63) is 59.4 Å². The lowest BCUT2D eigenvalue weighted by Gasteiger charge is -2.33. The summed E-state index contributed by atoms with van der Waals surface area (Å²) in [5.74, 6) is -0.589. The van der Waals surface area contributed by atoms with E-state index in [1.54, 1.807) is 17.9 Å². The van der Waals surface area contributed by atoms with Crippen LogP contribution in [-0.4, -0.2) is 49.4 Å². The van der Waals surface area contributed by atoms with Crippen LogP contribution in [0.4, 0.5) is 10.1 Å². The fourth-order valence-electron chi connectivity index (χ4n) is 3.28. The Labute approximate surface area is 164 Å². The van der Waals surface area contributed by atoms with Crippen LogP contribution in [0.2, 0.25) is 0 Å². The van der Waals surface area contributed by atoms with E-state index < -0.39 is 5.91 Å². The van der Waals surface area contributed by atoms with Gasteiger partial charge in [-0.25, -0.2) is 9.82 Å². The fraction of sp³-hybridized carbons (Fsp3) is 0.333. The number of benzene rings is 2. The Hall–Kier alpha value is -2.93. The van der Waals surface area contributed by atoms with Crippen molar-refractivity contribution < 1.29 is 19.2 Å². The largest absolute Gasteiger partial charge is 0.508 e. The Morgan fingerprint density at radius 3 is 2.43 bits per heavy atom. The number of nitrogens with zero attached hydrogens (tertiary/aromatic N) is 2. The van der Waals surface area contributed by atoms with E-state index in [1.807, 2.05) is 6.07 Å². The van der Waals surface area contributed by atoms with Gasteiger partial charge in [0.1, 0.15) is 11.6 Å². The molecule has 0 bridgehead atoms. The van der Waals surface area contributed by atoms with E-state index in [1.165, 1.54) is 30.3 Å². The highest BCUT2D eigenvalue weighted by Gasteiger charge is 2.21. The number of anilines is 1. The molecule has 0 spiro atoms. The van der Waals surface area contributed by atoms with E-state index in [-0.39, 0.29) is 11.6 Å². The highest BCUT2D eigenvalue weighted by molar-refractivity contribution is 6.01. The van der Waals surface area contributed by atoms with Crippen molar-refractivity contribution in [1.29, 1.82) is 0 Å². The first kappa shape index (κ1) is 19.8. The first-order valence-corrected chi connectivity index (χ1v) is 9.50. The summed E-state index contributed by atoms with van der Waals surface area (Å²) in [4.78, 5) is 15.7. The van der Waals surface area contributed by atoms with Gasteiger partial charge in [-0.05, 0) is 50.2 Å². The molecule has 3 rings (SSSR count). The number of likely N-dealkylation sites (N-methyl/N-ethyl adjacent to an activating group) is 1. The maximum absolute atomic E-state index is 14.7. The summed E-state index contributed by atoms with van der Waals surface area (Å²) in [7, 11) is 0. The lowest BCUT2D eigenvalue weighted by atomic mass is 10.1. The highest BCUT2D eigenvalue weighted by Crippen LogP contribution is 2.21. The highest BCUT2D eigenvalue weighted by atomic mass is 19.1. The maximum Gasteiger partial charge on any atom is 0.271 e. The van der Waals surface area contributed by atoms with Crippen LogP contribution in [0.5, 0.6) is 5.75 Å². The Morgan fingerprint density at radius 2 is 1.82 bits per heavy atom. The number of rotatable bonds is 5. The molecule has 1 fully saturated rings. The van der Waals surface area contributed by atoms with Gasteiger partial charge in [0.05, 0.1) is 44.1 Å². The summed E-state index contributed by atoms with van der Waals surface area (Å²) in [5.41, 5.74) is 4.57. The molecule has 28 heavy (non-hydrogen) atoms. The fourth-order valence-corrected chi connectivity index (χ4v) is 3.28. The van der Waals surface area contributed by atoms with Gasteiger partial charge < -0.3 is 14.9 Å². The molecule has 1 aliphatic heterocycles. The van der Waals surface area contributed by atoms with E-state index in [9.17, 15) is 14.3 Å². The van der Waals surface area contributed by atoms with Gasteiger partial charge >= 0.3 is 0 Å². The molecular weight excluding hydrogens is 359 g/mol. The molecule has 6 nitrogen and oxygen atoms in total. The molecule has 0 radical (unpaired) electrons. The number of piperazine rings is 1. The maximum atomic E-state index is 14.7. The average Bonchev–Trinajstić information content (AvgIpc) is 2.72. The Morgan fingerprint density at radius 1 is 1.18 bits per heavy atom. The smallest absolute Gasteiger partial charge is 0.271 e. The minimum atomic E-state index is -0.396. The number of hydrogen-bond donors (Lipinski definition) is 3. The molecule has 0 aromatic heterocycles. The summed E-state index contributed by atoms with van der Waals surface area (Å²) in [6.07, 6.45) is 0. The summed E-state index contributed by atoms with van der Waals surface area (Å²) in [6.45, 7) is 8.70. The van der Waals surface area contributed by atoms with Crippen molar-refractivity contribution in [3.8, 4) is 5.75 Å². The standard InChI is InChI=1S/C21H25FN4O2/c1-3-25-10-12-26(13-11-25)20-9-6-17(14-19(20)22)15(2)23-24-21(28)16-4-7-18(27)8-5-16/h4-9,14,27H,3,10-13H2,1-2H3,(H,24,28)/p+1/b23-15-. The Bertz CT molecular complexity index is 859. The van der Waals surface area contributed by atoms with Crippen LogP contribution in [0.25, 0.3) is 0 Å². The van der Waals surface area contributed by atoms with Crippen LogP contribution in [-0.2, 0) is 0 Å². The van der Waals surface area contributed by atoms with Gasteiger partial charge in [-0.1, -0.05) is 6.07 Å². The van der Waals surface area contributed by atoms with Gasteiger partial charge in [-0.3, -0.25) is 4.79 Å². The number of amides is 1. The molecule has 0 atom stereocenters. The van der Waals surface area contributed by atoms with Gasteiger partial charge in [0.25, 0.3) is 5.91 Å². The van der Waals surface area contributed by atoms with Gasteiger partial charge in [0.15, 0.2) is 0 Å². The van der Waals surface area contributed by atoms with Crippen LogP contribution in [0.15, 0.2) is 47.6 Å². The lowest BCUT2D eigenvalue weighted by Crippen LogP contribution is -3.14. The van der Waals surface area contributed by atoms with Crippen molar-refractivity contribution >= 4 is 17.3 Å². The zero-order valence-electron chi connectivity index (χ0n) is 16.2. The molecule has 0 unspecified atom stereocenters. The lowest BCUT2D eigenvalue weighted by molar-refractivity contribution is -0.898. The number of phenolic OH excluding ortho intramolecular Hbond substituents is 1. The van der Waals surface area contributed by atoms with Gasteiger partial charge in [0, 0.05) is 11.1 Å². The first-order chi connectivity index (χ1) is 13.5. The molecule has 148 valence electrons. The molecular formula is C21H26FN4O2+. The van der Waals surface area contributed by atoms with Crippen LogP contribution in [0, 0.1) is 5.82 Å². The predicted octanol–water partition coefficient (Wildman–Crippen LogP) is 1.41. The van der Waals surface area contributed by atoms with Crippen molar-refractivity contribution in [2.75, 3.05) is 37.6 Å². The zero-order chi connectivity index (χ0) is 20.1. The molecule has 1 saturated heterocycles. The minimum absolute atomic E-state index is 0.0873. The number of hydrogen-bond acceptors (Lipinski definition) is 4. The van der Waals surface area contributed by atoms with Gasteiger partial charge in [-0.2, -0.15) is 5.10 Å². The molecule has 0 aliphatic carbocycles. The normalized spacial score (nSPS) is 15.5. The quantitative estimate of drug-likeness (QED) is 0.539. The third-order valence-electron chi connectivity index (χ3n) is 5.13. The second-order valence-electron chi connectivity index (χ2n) is 6.94. The summed E-state index contributed by atoms with van der Waals surface area (Å²) in [5, 5.41) is 13.3. The number of carbonyl (C=O) groups is 1. The second kappa shape index (κ2) is 8.84. The second-order valence-corrected chi connectivity index (χ2v) is 6.94. The minimum Gasteiger partial charge on any atom is -0.508 e. The van der Waals surface area contributed by atoms with Gasteiger partial charge in [0.2, 0.25) is 0 Å². The topological polar surface area (TPSA) is 69.4 Å². The van der Waals surface area contributed by atoms with E-state index in [2.05, 4.69) is 22.4 Å². The molecule has 1 amide bonds. The van der Waals surface area contributed by atoms with Crippen LogP contribution < -0.4 is 15.2 Å². The zero-order valence-corrected chi connectivity index (χ0v) is 16.2. The summed E-state index contributed by atoms with van der Waals surface area (Å²) >= 11 is 0. The van der Waals surface area contributed by atoms with Gasteiger partial charge in [-0.15, -0.1) is 0 Å². The summed E-state index contributed by atoms with van der Waals surface area (Å²) in [6, 6.07) is 10.9. The molecule has 7 heteroatoms. The summed E-state index contributed by atoms with van der Waals surface area (Å²) < 4.78 is 14.7. The molecule has 1 aliphatic rings. The number of carbonyl (C=O) groups excluding carboxylic acids is 1. The van der Waals surface area contributed by atoms with Crippen molar-refractivity contribution in [1.82, 2.24) is 5.43 Å². The number of aromatic hydroxyl groups is 1. The van der Waals surface area contributed by atoms with E-state index in [0.717, 1.165) is 32.7 Å². The van der Waals surface area contributed by atoms with Crippen molar-refractivity contribution in [2.45, 2.75) is 13.8 Å². The monoisotopic (exact) mass is 385 g/mol. The third kappa shape index (κ3) is 4.67. The van der Waals surface area contributed by atoms with E-state index >= 15 is 0 Å². The molecule has 2 aromatic carbocycles. The van der Waals surface area contributed by atoms with Crippen LogP contribution in [0.3, 0.4) is 0 Å². The van der Waals surface area contributed by atoms with E-state index in [0.29, 0.717) is 22.5 Å². The number of quaternary nitrogens is 1. The third-order valence-corrected chi connectivity index (χ3v) is 5.13. The number of nitrogens with one attached hydrogen (secondary N) is 2. The van der Waals surface area contributed by atoms with Crippen molar-refractivity contribution in [3.63, 3.8) is 0 Å². The van der Waals surface area contributed by atoms with Crippen molar-refractivity contribution in [2.24, 2.45) is 5.10 Å². The first-order valence-electron chi connectivity index (χ1n) is 9.50. The van der Waals surface area contributed by atoms with E-state index in [4.69, 9.17) is 0 Å². The number of hydrazone groups is 1. The van der Waals surface area contributed by atoms with Crippen LogP contribution >= 0.6 is 0 Å². The molecule has 3 N–H and O–H groups in total. The molecule has 1 heterocycles. The number of phenols is 1. The number of halogens is 1. The predicted molar refractivity (Wildman–Crippen MR) is 108 cm³/mol. The Kier molecular flexibility index (Phi) is 6.26. The average molecular weight is 385 g/mol. The SMILES string of the molecule is CC[NH+]1CCN(c2ccc(/C(C)=N\NC(=O)c3ccc(O)cc3)cc2F)CC1. The molecule has 0 saturated carbocycles. The molecule has 2 aromatic rings. The van der Waals surface area contributed by atoms with Crippen LogP contribution in [0.1, 0.15) is 29.8 Å². The Balaban J connectivity index is 1.66.